The number of carbonyl (C=O) groups is 1. The first kappa shape index (κ1) is 16.5. The Morgan fingerprint density at radius 1 is 1.26 bits per heavy atom. The summed E-state index contributed by atoms with van der Waals surface area (Å²) in [5.74, 6) is 0.795. The van der Waals surface area contributed by atoms with Gasteiger partial charge in [0, 0.05) is 30.9 Å². The van der Waals surface area contributed by atoms with Crippen molar-refractivity contribution in [3.8, 4) is 0 Å². The zero-order valence-corrected chi connectivity index (χ0v) is 14.5. The van der Waals surface area contributed by atoms with Crippen molar-refractivity contribution in [3.63, 3.8) is 0 Å². The highest BCUT2D eigenvalue weighted by Gasteiger charge is 2.28. The Bertz CT molecular complexity index is 545. The number of amides is 1. The third kappa shape index (κ3) is 3.60. The van der Waals surface area contributed by atoms with Gasteiger partial charge in [-0.1, -0.05) is 19.3 Å². The minimum Gasteiger partial charge on any atom is -0.354 e. The van der Waals surface area contributed by atoms with Gasteiger partial charge in [0.1, 0.15) is 0 Å². The van der Waals surface area contributed by atoms with E-state index in [4.69, 9.17) is 0 Å². The van der Waals surface area contributed by atoms with Crippen LogP contribution in [0.4, 0.5) is 0 Å². The maximum absolute atomic E-state index is 12.1. The van der Waals surface area contributed by atoms with Gasteiger partial charge in [0.15, 0.2) is 5.69 Å². The molecule has 0 radical (unpaired) electrons. The fraction of sp³-hybridized carbons (Fsp3) is 0.778. The van der Waals surface area contributed by atoms with Crippen molar-refractivity contribution in [1.29, 1.82) is 0 Å². The second kappa shape index (κ2) is 7.47. The number of aryl methyl sites for hydroxylation is 1. The average molecular weight is 318 g/mol. The van der Waals surface area contributed by atoms with Crippen LogP contribution in [0.25, 0.3) is 0 Å². The summed E-state index contributed by atoms with van der Waals surface area (Å²) in [6.07, 6.45) is 10.1. The molecule has 1 heterocycles. The van der Waals surface area contributed by atoms with Crippen LogP contribution in [-0.2, 0) is 19.4 Å². The van der Waals surface area contributed by atoms with E-state index < -0.39 is 0 Å². The Morgan fingerprint density at radius 2 is 2.04 bits per heavy atom. The molecule has 0 saturated heterocycles. The molecule has 2 aliphatic rings. The molecule has 128 valence electrons. The summed E-state index contributed by atoms with van der Waals surface area (Å²) in [4.78, 5) is 12.1. The average Bonchev–Trinajstić information content (AvgIpc) is 2.98. The van der Waals surface area contributed by atoms with Crippen LogP contribution in [0.5, 0.6) is 0 Å². The minimum absolute atomic E-state index is 0.0543. The topological polar surface area (TPSA) is 59.0 Å². The van der Waals surface area contributed by atoms with Crippen molar-refractivity contribution in [2.75, 3.05) is 13.6 Å². The SMILES string of the molecule is CCn1nc(C(=O)NC)c2c1CCC(NCC1CCCCC1)C2. The van der Waals surface area contributed by atoms with Gasteiger partial charge in [0.25, 0.3) is 5.91 Å². The van der Waals surface area contributed by atoms with Crippen molar-refractivity contribution < 1.29 is 4.79 Å². The van der Waals surface area contributed by atoms with E-state index in [2.05, 4.69) is 22.7 Å². The fourth-order valence-corrected chi connectivity index (χ4v) is 4.15. The van der Waals surface area contributed by atoms with Crippen molar-refractivity contribution in [3.05, 3.63) is 17.0 Å². The third-order valence-corrected chi connectivity index (χ3v) is 5.51. The van der Waals surface area contributed by atoms with Crippen molar-refractivity contribution in [1.82, 2.24) is 20.4 Å². The lowest BCUT2D eigenvalue weighted by molar-refractivity contribution is 0.0956. The first-order valence-corrected chi connectivity index (χ1v) is 9.27. The summed E-state index contributed by atoms with van der Waals surface area (Å²) < 4.78 is 2.01. The van der Waals surface area contributed by atoms with Crippen LogP contribution >= 0.6 is 0 Å². The van der Waals surface area contributed by atoms with E-state index in [1.807, 2.05) is 4.68 Å². The largest absolute Gasteiger partial charge is 0.354 e. The summed E-state index contributed by atoms with van der Waals surface area (Å²) in [5.41, 5.74) is 3.06. The molecule has 5 nitrogen and oxygen atoms in total. The fourth-order valence-electron chi connectivity index (χ4n) is 4.15. The Kier molecular flexibility index (Phi) is 5.36. The number of fused-ring (bicyclic) bond motifs is 1. The molecule has 2 aliphatic carbocycles. The van der Waals surface area contributed by atoms with E-state index in [9.17, 15) is 4.79 Å². The van der Waals surface area contributed by atoms with Crippen LogP contribution in [0.2, 0.25) is 0 Å². The van der Waals surface area contributed by atoms with E-state index in [0.717, 1.165) is 38.3 Å². The van der Waals surface area contributed by atoms with Crippen LogP contribution in [0.3, 0.4) is 0 Å². The summed E-state index contributed by atoms with van der Waals surface area (Å²) in [6.45, 7) is 4.06. The second-order valence-corrected chi connectivity index (χ2v) is 7.02. The van der Waals surface area contributed by atoms with Crippen LogP contribution in [-0.4, -0.2) is 35.3 Å². The number of nitrogens with zero attached hydrogens (tertiary/aromatic N) is 2. The molecule has 1 saturated carbocycles. The number of aromatic nitrogens is 2. The highest BCUT2D eigenvalue weighted by Crippen LogP contribution is 2.27. The normalized spacial score (nSPS) is 21.9. The lowest BCUT2D eigenvalue weighted by Crippen LogP contribution is -2.38. The van der Waals surface area contributed by atoms with Gasteiger partial charge in [-0.15, -0.1) is 0 Å². The van der Waals surface area contributed by atoms with Gasteiger partial charge in [-0.05, 0) is 51.5 Å². The van der Waals surface area contributed by atoms with Gasteiger partial charge in [-0.3, -0.25) is 9.48 Å². The van der Waals surface area contributed by atoms with Crippen molar-refractivity contribution in [2.45, 2.75) is 70.9 Å². The number of nitrogens with one attached hydrogen (secondary N) is 2. The maximum atomic E-state index is 12.1. The quantitative estimate of drug-likeness (QED) is 0.876. The van der Waals surface area contributed by atoms with Gasteiger partial charge >= 0.3 is 0 Å². The molecule has 1 atom stereocenters. The molecule has 3 rings (SSSR count). The molecule has 1 unspecified atom stereocenters. The Morgan fingerprint density at radius 3 is 2.74 bits per heavy atom. The molecule has 0 spiro atoms. The highest BCUT2D eigenvalue weighted by atomic mass is 16.1. The second-order valence-electron chi connectivity index (χ2n) is 7.02. The van der Waals surface area contributed by atoms with E-state index in [0.29, 0.717) is 11.7 Å². The number of hydrogen-bond donors (Lipinski definition) is 2. The first-order chi connectivity index (χ1) is 11.2. The van der Waals surface area contributed by atoms with Crippen LogP contribution in [0, 0.1) is 5.92 Å². The van der Waals surface area contributed by atoms with Gasteiger partial charge in [0.2, 0.25) is 0 Å². The number of rotatable bonds is 5. The molecule has 1 fully saturated rings. The standard InChI is InChI=1S/C18H30N4O/c1-3-22-16-10-9-14(20-12-13-7-5-4-6-8-13)11-15(16)17(21-22)18(23)19-2/h13-14,20H,3-12H2,1-2H3,(H,19,23). The predicted molar refractivity (Wildman–Crippen MR) is 91.7 cm³/mol. The molecule has 0 bridgehead atoms. The predicted octanol–water partition coefficient (Wildman–Crippen LogP) is 2.29. The number of hydrogen-bond acceptors (Lipinski definition) is 3. The molecule has 1 aromatic rings. The van der Waals surface area contributed by atoms with Crippen LogP contribution in [0.15, 0.2) is 0 Å². The lowest BCUT2D eigenvalue weighted by Gasteiger charge is -2.28. The molecule has 0 aliphatic heterocycles. The molecule has 1 amide bonds. The van der Waals surface area contributed by atoms with Crippen molar-refractivity contribution in [2.24, 2.45) is 5.92 Å². The third-order valence-electron chi connectivity index (χ3n) is 5.51. The summed E-state index contributed by atoms with van der Waals surface area (Å²) in [7, 11) is 1.68. The van der Waals surface area contributed by atoms with E-state index in [1.165, 1.54) is 43.4 Å². The van der Waals surface area contributed by atoms with E-state index in [1.54, 1.807) is 7.05 Å². The lowest BCUT2D eigenvalue weighted by atomic mass is 9.87. The molecule has 23 heavy (non-hydrogen) atoms. The first-order valence-electron chi connectivity index (χ1n) is 9.27. The maximum Gasteiger partial charge on any atom is 0.271 e. The smallest absolute Gasteiger partial charge is 0.271 e. The molecular formula is C18H30N4O. The Labute approximate surface area is 139 Å². The van der Waals surface area contributed by atoms with Gasteiger partial charge in [0.05, 0.1) is 0 Å². The summed E-state index contributed by atoms with van der Waals surface area (Å²) in [6, 6.07) is 0.488. The highest BCUT2D eigenvalue weighted by molar-refractivity contribution is 5.93. The van der Waals surface area contributed by atoms with E-state index in [-0.39, 0.29) is 5.91 Å². The molecular weight excluding hydrogens is 288 g/mol. The van der Waals surface area contributed by atoms with Crippen LogP contribution in [0.1, 0.15) is 67.2 Å². The molecule has 0 aromatic carbocycles. The molecule has 2 N–H and O–H groups in total. The van der Waals surface area contributed by atoms with Gasteiger partial charge < -0.3 is 10.6 Å². The van der Waals surface area contributed by atoms with Gasteiger partial charge in [-0.25, -0.2) is 0 Å². The van der Waals surface area contributed by atoms with E-state index >= 15 is 0 Å². The van der Waals surface area contributed by atoms with Crippen LogP contribution < -0.4 is 10.6 Å². The zero-order chi connectivity index (χ0) is 16.2. The minimum atomic E-state index is -0.0543. The number of carbonyl (C=O) groups excluding carboxylic acids is 1. The zero-order valence-electron chi connectivity index (χ0n) is 14.5. The van der Waals surface area contributed by atoms with Gasteiger partial charge in [-0.2, -0.15) is 5.10 Å². The Balaban J connectivity index is 1.66. The Hall–Kier alpha value is -1.36. The van der Waals surface area contributed by atoms with Crippen molar-refractivity contribution >= 4 is 5.91 Å². The summed E-state index contributed by atoms with van der Waals surface area (Å²) in [5, 5.41) is 11.0. The molecule has 5 heteroatoms. The monoisotopic (exact) mass is 318 g/mol. The molecule has 1 aromatic heterocycles. The summed E-state index contributed by atoms with van der Waals surface area (Å²) >= 11 is 0.